The number of aryl methyl sites for hydroxylation is 1. The number of carboxylic acids is 1. The molecule has 0 amide bonds. The average molecular weight is 487 g/mol. The van der Waals surface area contributed by atoms with Crippen molar-refractivity contribution in [3.8, 4) is 5.75 Å². The van der Waals surface area contributed by atoms with Crippen molar-refractivity contribution >= 4 is 17.6 Å². The second-order valence-corrected chi connectivity index (χ2v) is 10.2. The lowest BCUT2D eigenvalue weighted by atomic mass is 9.61. The van der Waals surface area contributed by atoms with E-state index < -0.39 is 23.6 Å². The molecule has 1 aliphatic heterocycles. The van der Waals surface area contributed by atoms with E-state index in [1.807, 2.05) is 6.08 Å². The number of hydrogen-bond acceptors (Lipinski definition) is 4. The second kappa shape index (κ2) is 8.99. The topological polar surface area (TPSA) is 87.0 Å². The molecule has 2 aromatic carbocycles. The van der Waals surface area contributed by atoms with Gasteiger partial charge >= 0.3 is 5.97 Å². The van der Waals surface area contributed by atoms with Gasteiger partial charge in [0.05, 0.1) is 22.8 Å². The van der Waals surface area contributed by atoms with Gasteiger partial charge in [0.15, 0.2) is 0 Å². The van der Waals surface area contributed by atoms with Crippen molar-refractivity contribution in [2.45, 2.75) is 62.3 Å². The number of aliphatic hydroxyl groups excluding tert-OH is 2. The van der Waals surface area contributed by atoms with Crippen molar-refractivity contribution in [2.24, 2.45) is 11.8 Å². The Bertz CT molecular complexity index is 1110. The Morgan fingerprint density at radius 2 is 1.94 bits per heavy atom. The van der Waals surface area contributed by atoms with E-state index in [2.05, 4.69) is 0 Å². The highest BCUT2D eigenvalue weighted by Crippen LogP contribution is 2.48. The van der Waals surface area contributed by atoms with E-state index in [4.69, 9.17) is 16.3 Å². The van der Waals surface area contributed by atoms with Gasteiger partial charge in [0.25, 0.3) is 0 Å². The molecule has 2 saturated carbocycles. The number of carboxylic acid groups (broad SMARTS) is 1. The number of hydrogen-bond donors (Lipinski definition) is 3. The van der Waals surface area contributed by atoms with Crippen molar-refractivity contribution in [1.82, 2.24) is 0 Å². The van der Waals surface area contributed by atoms with Gasteiger partial charge in [0, 0.05) is 23.7 Å². The minimum Gasteiger partial charge on any atom is -0.488 e. The van der Waals surface area contributed by atoms with Crippen LogP contribution in [0.25, 0.3) is 0 Å². The molecule has 0 spiro atoms. The van der Waals surface area contributed by atoms with Crippen LogP contribution in [-0.4, -0.2) is 39.6 Å². The zero-order chi connectivity index (χ0) is 24.0. The van der Waals surface area contributed by atoms with Crippen molar-refractivity contribution in [2.75, 3.05) is 0 Å². The van der Waals surface area contributed by atoms with Gasteiger partial charge in [0.1, 0.15) is 17.7 Å². The number of ether oxygens (including phenoxy) is 1. The largest absolute Gasteiger partial charge is 0.488 e. The summed E-state index contributed by atoms with van der Waals surface area (Å²) >= 11 is 6.36. The number of rotatable bonds is 5. The molecule has 5 rings (SSSR count). The summed E-state index contributed by atoms with van der Waals surface area (Å²) in [4.78, 5) is 11.5. The Balaban J connectivity index is 1.36. The zero-order valence-electron chi connectivity index (χ0n) is 18.7. The van der Waals surface area contributed by atoms with Gasteiger partial charge in [-0.2, -0.15) is 0 Å². The summed E-state index contributed by atoms with van der Waals surface area (Å²) < 4.78 is 19.6. The van der Waals surface area contributed by atoms with E-state index in [0.29, 0.717) is 18.6 Å². The first-order valence-corrected chi connectivity index (χ1v) is 12.2. The normalized spacial score (nSPS) is 28.4. The van der Waals surface area contributed by atoms with Crippen molar-refractivity contribution < 1.29 is 29.2 Å². The third-order valence-corrected chi connectivity index (χ3v) is 8.44. The molecule has 7 heteroatoms. The molecule has 5 nitrogen and oxygen atoms in total. The van der Waals surface area contributed by atoms with Gasteiger partial charge in [-0.05, 0) is 55.0 Å². The lowest BCUT2D eigenvalue weighted by molar-refractivity contribution is 0.0614. The summed E-state index contributed by atoms with van der Waals surface area (Å²) in [6.07, 6.45) is 6.51. The highest BCUT2D eigenvalue weighted by Gasteiger charge is 2.46. The van der Waals surface area contributed by atoms with Crippen LogP contribution >= 0.6 is 11.6 Å². The molecule has 2 aliphatic carbocycles. The highest BCUT2D eigenvalue weighted by atomic mass is 35.5. The first-order valence-electron chi connectivity index (χ1n) is 11.8. The summed E-state index contributed by atoms with van der Waals surface area (Å²) in [5.74, 6) is -1.19. The average Bonchev–Trinajstić information content (AvgIpc) is 2.94. The third kappa shape index (κ3) is 3.92. The smallest absolute Gasteiger partial charge is 0.337 e. The predicted octanol–water partition coefficient (Wildman–Crippen LogP) is 4.91. The maximum absolute atomic E-state index is 13.4. The number of halogens is 2. The molecule has 2 fully saturated rings. The Morgan fingerprint density at radius 3 is 2.59 bits per heavy atom. The number of fused-ring (bicyclic) bond motifs is 2. The lowest BCUT2D eigenvalue weighted by Gasteiger charge is -2.45. The quantitative estimate of drug-likeness (QED) is 0.523. The molecule has 5 atom stereocenters. The van der Waals surface area contributed by atoms with E-state index in [9.17, 15) is 24.5 Å². The molecular weight excluding hydrogens is 459 g/mol. The first kappa shape index (κ1) is 23.3. The van der Waals surface area contributed by atoms with E-state index in [1.165, 1.54) is 18.2 Å². The van der Waals surface area contributed by atoms with Crippen LogP contribution in [0.2, 0.25) is 5.02 Å². The Kier molecular flexibility index (Phi) is 6.17. The van der Waals surface area contributed by atoms with Crippen LogP contribution in [0.4, 0.5) is 4.39 Å². The third-order valence-electron chi connectivity index (χ3n) is 8.06. The number of aromatic carboxylic acids is 1. The van der Waals surface area contributed by atoms with Crippen LogP contribution in [0.3, 0.4) is 0 Å². The number of benzene rings is 2. The maximum Gasteiger partial charge on any atom is 0.337 e. The van der Waals surface area contributed by atoms with Crippen LogP contribution in [0.15, 0.2) is 48.6 Å². The molecule has 1 heterocycles. The van der Waals surface area contributed by atoms with Crippen LogP contribution < -0.4 is 4.74 Å². The Labute approximate surface area is 202 Å². The monoisotopic (exact) mass is 486 g/mol. The molecule has 0 saturated heterocycles. The number of carbonyl (C=O) groups is 1. The molecule has 3 N–H and O–H groups in total. The predicted molar refractivity (Wildman–Crippen MR) is 126 cm³/mol. The van der Waals surface area contributed by atoms with Gasteiger partial charge in [-0.3, -0.25) is 0 Å². The van der Waals surface area contributed by atoms with Crippen molar-refractivity contribution in [3.63, 3.8) is 0 Å². The summed E-state index contributed by atoms with van der Waals surface area (Å²) in [5.41, 5.74) is 1.37. The molecule has 0 bridgehead atoms. The van der Waals surface area contributed by atoms with E-state index in [0.717, 1.165) is 36.8 Å². The number of aliphatic hydroxyl groups is 2. The molecular formula is C27H28ClFO5. The molecule has 3 aliphatic rings. The van der Waals surface area contributed by atoms with Gasteiger partial charge in [-0.15, -0.1) is 0 Å². The summed E-state index contributed by atoms with van der Waals surface area (Å²) in [7, 11) is 0. The fourth-order valence-corrected chi connectivity index (χ4v) is 6.27. The SMILES string of the molecule is O=C(O)c1ccc2c(c1Cl)O[C@H]1C[C@@H](O)[C@H](/C=C/C(O)C3(c4ccc(F)cc4)CCC3)[C@H]1CC2. The Hall–Kier alpha value is -2.41. The maximum atomic E-state index is 13.4. The van der Waals surface area contributed by atoms with E-state index in [1.54, 1.807) is 24.3 Å². The van der Waals surface area contributed by atoms with Crippen LogP contribution in [0.1, 0.15) is 53.6 Å². The van der Waals surface area contributed by atoms with Crippen LogP contribution in [-0.2, 0) is 11.8 Å². The molecule has 1 unspecified atom stereocenters. The lowest BCUT2D eigenvalue weighted by Crippen LogP contribution is -2.44. The van der Waals surface area contributed by atoms with Gasteiger partial charge in [-0.25, -0.2) is 9.18 Å². The van der Waals surface area contributed by atoms with Crippen LogP contribution in [0, 0.1) is 17.7 Å². The summed E-state index contributed by atoms with van der Waals surface area (Å²) in [6, 6.07) is 9.61. The summed E-state index contributed by atoms with van der Waals surface area (Å²) in [6.45, 7) is 0. The Morgan fingerprint density at radius 1 is 1.21 bits per heavy atom. The standard InChI is InChI=1S/C27H28ClFO5/c28-24-20(26(32)33)9-3-15-2-8-19-18(21(30)14-22(19)34-25(15)24)10-11-23(31)27(12-1-13-27)16-4-6-17(29)7-5-16/h3-7,9-11,18-19,21-23,30-31H,1-2,8,12-14H2,(H,32,33)/b11-10+/t18-,19-,21-,22+,23?/m1/s1. The van der Waals surface area contributed by atoms with Crippen molar-refractivity contribution in [1.29, 1.82) is 0 Å². The van der Waals surface area contributed by atoms with Gasteiger partial charge < -0.3 is 20.1 Å². The molecule has 34 heavy (non-hydrogen) atoms. The first-order chi connectivity index (χ1) is 16.3. The van der Waals surface area contributed by atoms with Crippen LogP contribution in [0.5, 0.6) is 5.75 Å². The van der Waals surface area contributed by atoms with E-state index in [-0.39, 0.29) is 34.3 Å². The minimum atomic E-state index is -1.11. The van der Waals surface area contributed by atoms with Crippen molar-refractivity contribution in [3.05, 3.63) is 76.1 Å². The molecule has 0 radical (unpaired) electrons. The minimum absolute atomic E-state index is 0.00331. The van der Waals surface area contributed by atoms with Gasteiger partial charge in [0.2, 0.25) is 0 Å². The van der Waals surface area contributed by atoms with E-state index >= 15 is 0 Å². The van der Waals surface area contributed by atoms with Gasteiger partial charge in [-0.1, -0.05) is 48.4 Å². The molecule has 180 valence electrons. The fourth-order valence-electron chi connectivity index (χ4n) is 5.96. The summed E-state index contributed by atoms with van der Waals surface area (Å²) in [5, 5.41) is 31.4. The molecule has 2 aromatic rings. The second-order valence-electron chi connectivity index (χ2n) is 9.81. The fraction of sp³-hybridized carbons (Fsp3) is 0.444. The highest BCUT2D eigenvalue weighted by molar-refractivity contribution is 6.35. The zero-order valence-corrected chi connectivity index (χ0v) is 19.4. The molecule has 0 aromatic heterocycles.